The number of piperidine rings is 1. The van der Waals surface area contributed by atoms with Gasteiger partial charge in [-0.05, 0) is 61.7 Å². The first-order chi connectivity index (χ1) is 8.70. The quantitative estimate of drug-likeness (QED) is 0.882. The number of hydrogen-bond donors (Lipinski definition) is 1. The van der Waals surface area contributed by atoms with Crippen molar-refractivity contribution >= 4 is 11.8 Å². The van der Waals surface area contributed by atoms with E-state index >= 15 is 0 Å². The monoisotopic (exact) mass is 267 g/mol. The zero-order valence-electron chi connectivity index (χ0n) is 11.2. The van der Waals surface area contributed by atoms with Gasteiger partial charge in [0.25, 0.3) is 0 Å². The molecular weight excluding hydrogens is 245 g/mol. The van der Waals surface area contributed by atoms with Gasteiger partial charge in [0.15, 0.2) is 0 Å². The van der Waals surface area contributed by atoms with Gasteiger partial charge in [-0.1, -0.05) is 13.0 Å². The van der Waals surface area contributed by atoms with Gasteiger partial charge in [-0.3, -0.25) is 0 Å². The van der Waals surface area contributed by atoms with E-state index in [4.69, 9.17) is 0 Å². The molecule has 1 nitrogen and oxygen atoms in total. The molecule has 1 N–H and O–H groups in total. The fourth-order valence-electron chi connectivity index (χ4n) is 2.59. The third-order valence-electron chi connectivity index (χ3n) is 3.52. The average Bonchev–Trinajstić information content (AvgIpc) is 2.36. The third-order valence-corrected chi connectivity index (χ3v) is 5.06. The van der Waals surface area contributed by atoms with Crippen LogP contribution in [0.3, 0.4) is 0 Å². The number of benzene rings is 1. The Morgan fingerprint density at radius 1 is 1.44 bits per heavy atom. The minimum absolute atomic E-state index is 0.135. The first-order valence-electron chi connectivity index (χ1n) is 6.81. The summed E-state index contributed by atoms with van der Waals surface area (Å²) in [5.74, 6) is 1.11. The lowest BCUT2D eigenvalue weighted by Gasteiger charge is -2.31. The summed E-state index contributed by atoms with van der Waals surface area (Å²) in [4.78, 5) is 0. The van der Waals surface area contributed by atoms with Crippen LogP contribution in [0.4, 0.5) is 4.39 Å². The second kappa shape index (κ2) is 6.58. The Morgan fingerprint density at radius 3 is 3.00 bits per heavy atom. The standard InChI is InChI=1S/C15H22FNS/c1-3-8-18-13-6-7-17-15(10-13)14-5-4-12(16)9-11(14)2/h4-5,9,13,15,17H,3,6-8,10H2,1-2H3. The molecule has 1 aromatic carbocycles. The van der Waals surface area contributed by atoms with E-state index < -0.39 is 0 Å². The number of nitrogens with one attached hydrogen (secondary N) is 1. The van der Waals surface area contributed by atoms with E-state index in [0.717, 1.165) is 23.8 Å². The molecule has 0 aliphatic carbocycles. The van der Waals surface area contributed by atoms with Crippen LogP contribution in [0.15, 0.2) is 18.2 Å². The lowest BCUT2D eigenvalue weighted by atomic mass is 9.94. The summed E-state index contributed by atoms with van der Waals surface area (Å²) in [5, 5.41) is 4.32. The molecule has 1 aliphatic rings. The summed E-state index contributed by atoms with van der Waals surface area (Å²) in [7, 11) is 0. The summed E-state index contributed by atoms with van der Waals surface area (Å²) in [6.07, 6.45) is 3.66. The van der Waals surface area contributed by atoms with Crippen LogP contribution in [-0.4, -0.2) is 17.5 Å². The summed E-state index contributed by atoms with van der Waals surface area (Å²) in [5.41, 5.74) is 2.33. The molecule has 100 valence electrons. The van der Waals surface area contributed by atoms with Crippen molar-refractivity contribution in [3.63, 3.8) is 0 Å². The van der Waals surface area contributed by atoms with E-state index in [1.807, 2.05) is 13.0 Å². The van der Waals surface area contributed by atoms with Crippen LogP contribution in [0.5, 0.6) is 0 Å². The van der Waals surface area contributed by atoms with Gasteiger partial charge in [-0.25, -0.2) is 4.39 Å². The highest BCUT2D eigenvalue weighted by Gasteiger charge is 2.23. The predicted octanol–water partition coefficient (Wildman–Crippen LogP) is 4.07. The van der Waals surface area contributed by atoms with Crippen molar-refractivity contribution in [1.82, 2.24) is 5.32 Å². The van der Waals surface area contributed by atoms with Crippen molar-refractivity contribution in [1.29, 1.82) is 0 Å². The molecule has 1 fully saturated rings. The molecule has 1 aromatic rings. The van der Waals surface area contributed by atoms with Gasteiger partial charge in [0.05, 0.1) is 0 Å². The molecule has 0 saturated carbocycles. The number of thioether (sulfide) groups is 1. The molecule has 2 rings (SSSR count). The minimum atomic E-state index is -0.135. The van der Waals surface area contributed by atoms with Gasteiger partial charge in [-0.2, -0.15) is 11.8 Å². The highest BCUT2D eigenvalue weighted by atomic mass is 32.2. The molecule has 3 heteroatoms. The summed E-state index contributed by atoms with van der Waals surface area (Å²) >= 11 is 2.09. The predicted molar refractivity (Wildman–Crippen MR) is 77.7 cm³/mol. The van der Waals surface area contributed by atoms with E-state index in [1.165, 1.54) is 24.2 Å². The van der Waals surface area contributed by atoms with Crippen molar-refractivity contribution < 1.29 is 4.39 Å². The lowest BCUT2D eigenvalue weighted by Crippen LogP contribution is -2.33. The van der Waals surface area contributed by atoms with E-state index in [9.17, 15) is 4.39 Å². The topological polar surface area (TPSA) is 12.0 Å². The maximum atomic E-state index is 13.1. The van der Waals surface area contributed by atoms with Crippen molar-refractivity contribution in [2.75, 3.05) is 12.3 Å². The Kier molecular flexibility index (Phi) is 5.07. The van der Waals surface area contributed by atoms with Gasteiger partial charge >= 0.3 is 0 Å². The summed E-state index contributed by atoms with van der Waals surface area (Å²) in [6.45, 7) is 5.31. The molecule has 18 heavy (non-hydrogen) atoms. The maximum Gasteiger partial charge on any atom is 0.123 e. The maximum absolute atomic E-state index is 13.1. The Morgan fingerprint density at radius 2 is 2.28 bits per heavy atom. The zero-order chi connectivity index (χ0) is 13.0. The van der Waals surface area contributed by atoms with Crippen LogP contribution in [0, 0.1) is 12.7 Å². The van der Waals surface area contributed by atoms with Crippen LogP contribution < -0.4 is 5.32 Å². The molecule has 1 saturated heterocycles. The summed E-state index contributed by atoms with van der Waals surface area (Å²) < 4.78 is 13.1. The zero-order valence-corrected chi connectivity index (χ0v) is 12.0. The second-order valence-corrected chi connectivity index (χ2v) is 6.43. The Balaban J connectivity index is 2.03. The molecule has 1 aliphatic heterocycles. The Hall–Kier alpha value is -0.540. The Labute approximate surface area is 114 Å². The van der Waals surface area contributed by atoms with Crippen molar-refractivity contribution in [3.8, 4) is 0 Å². The molecule has 1 heterocycles. The van der Waals surface area contributed by atoms with Gasteiger partial charge in [0.2, 0.25) is 0 Å². The van der Waals surface area contributed by atoms with Crippen molar-refractivity contribution in [3.05, 3.63) is 35.1 Å². The van der Waals surface area contributed by atoms with Gasteiger partial charge in [0, 0.05) is 11.3 Å². The van der Waals surface area contributed by atoms with E-state index in [2.05, 4.69) is 24.0 Å². The molecule has 2 unspecified atom stereocenters. The van der Waals surface area contributed by atoms with Gasteiger partial charge < -0.3 is 5.32 Å². The number of rotatable bonds is 4. The third kappa shape index (κ3) is 3.48. The van der Waals surface area contributed by atoms with Crippen molar-refractivity contribution in [2.24, 2.45) is 0 Å². The molecule has 0 spiro atoms. The highest BCUT2D eigenvalue weighted by molar-refractivity contribution is 7.99. The first kappa shape index (κ1) is 13.9. The van der Waals surface area contributed by atoms with E-state index in [1.54, 1.807) is 12.1 Å². The molecular formula is C15H22FNS. The normalized spacial score (nSPS) is 24.2. The summed E-state index contributed by atoms with van der Waals surface area (Å²) in [6, 6.07) is 5.55. The van der Waals surface area contributed by atoms with Crippen molar-refractivity contribution in [2.45, 2.75) is 44.4 Å². The molecule has 2 atom stereocenters. The fraction of sp³-hybridized carbons (Fsp3) is 0.600. The number of aryl methyl sites for hydroxylation is 1. The first-order valence-corrected chi connectivity index (χ1v) is 7.86. The molecule has 0 bridgehead atoms. The average molecular weight is 267 g/mol. The van der Waals surface area contributed by atoms with Crippen LogP contribution in [-0.2, 0) is 0 Å². The fourth-order valence-corrected chi connectivity index (χ4v) is 3.77. The molecule has 0 radical (unpaired) electrons. The highest BCUT2D eigenvalue weighted by Crippen LogP contribution is 2.32. The lowest BCUT2D eigenvalue weighted by molar-refractivity contribution is 0.419. The van der Waals surface area contributed by atoms with E-state index in [0.29, 0.717) is 6.04 Å². The van der Waals surface area contributed by atoms with Crippen LogP contribution in [0.1, 0.15) is 43.4 Å². The molecule has 0 aromatic heterocycles. The van der Waals surface area contributed by atoms with Crippen LogP contribution >= 0.6 is 11.8 Å². The Bertz CT molecular complexity index is 394. The second-order valence-electron chi connectivity index (χ2n) is 5.02. The minimum Gasteiger partial charge on any atom is -0.310 e. The number of hydrogen-bond acceptors (Lipinski definition) is 2. The smallest absolute Gasteiger partial charge is 0.123 e. The van der Waals surface area contributed by atoms with Crippen LogP contribution in [0.25, 0.3) is 0 Å². The van der Waals surface area contributed by atoms with Gasteiger partial charge in [-0.15, -0.1) is 0 Å². The van der Waals surface area contributed by atoms with E-state index in [-0.39, 0.29) is 5.82 Å². The SMILES string of the molecule is CCCSC1CCNC(c2ccc(F)cc2C)C1. The largest absolute Gasteiger partial charge is 0.310 e. The van der Waals surface area contributed by atoms with Gasteiger partial charge in [0.1, 0.15) is 5.82 Å². The number of halogens is 1. The molecule has 0 amide bonds. The van der Waals surface area contributed by atoms with Crippen LogP contribution in [0.2, 0.25) is 0 Å².